The number of imidazole rings is 1. The van der Waals surface area contributed by atoms with E-state index in [-0.39, 0.29) is 17.8 Å². The van der Waals surface area contributed by atoms with E-state index in [2.05, 4.69) is 15.0 Å². The van der Waals surface area contributed by atoms with E-state index < -0.39 is 17.8 Å². The molecule has 3 aromatic rings. The summed E-state index contributed by atoms with van der Waals surface area (Å²) in [6, 6.07) is 8.70. The molecule has 7 heteroatoms. The number of aromatic nitrogens is 3. The van der Waals surface area contributed by atoms with Gasteiger partial charge < -0.3 is 10.1 Å². The minimum Gasteiger partial charge on any atom is -0.379 e. The fraction of sp³-hybridized carbons (Fsp3) is 0.176. The van der Waals surface area contributed by atoms with Crippen LogP contribution in [0.25, 0.3) is 11.3 Å². The van der Waals surface area contributed by atoms with E-state index in [1.54, 1.807) is 12.1 Å². The second-order valence-electron chi connectivity index (χ2n) is 5.38. The normalized spacial score (nSPS) is 13.9. The number of benzene rings is 1. The van der Waals surface area contributed by atoms with E-state index >= 15 is 0 Å². The van der Waals surface area contributed by atoms with Crippen LogP contribution in [-0.2, 0) is 12.0 Å². The number of halogens is 3. The smallest absolute Gasteiger partial charge is 0.271 e. The Bertz CT molecular complexity index is 789. The molecule has 0 saturated heterocycles. The van der Waals surface area contributed by atoms with Gasteiger partial charge in [0, 0.05) is 24.4 Å². The van der Waals surface area contributed by atoms with Crippen molar-refractivity contribution in [2.45, 2.75) is 18.4 Å². The molecular formula is C17H14F3N3O. The highest BCUT2D eigenvalue weighted by molar-refractivity contribution is 5.59. The summed E-state index contributed by atoms with van der Waals surface area (Å²) in [5.74, 6) is -0.192. The monoisotopic (exact) mass is 333 g/mol. The molecule has 0 saturated carbocycles. The van der Waals surface area contributed by atoms with Gasteiger partial charge in [0.2, 0.25) is 0 Å². The van der Waals surface area contributed by atoms with Gasteiger partial charge in [-0.3, -0.25) is 4.98 Å². The van der Waals surface area contributed by atoms with Crippen LogP contribution in [0.4, 0.5) is 13.2 Å². The van der Waals surface area contributed by atoms with Crippen LogP contribution >= 0.6 is 0 Å². The van der Waals surface area contributed by atoms with Crippen molar-refractivity contribution < 1.29 is 18.3 Å². The summed E-state index contributed by atoms with van der Waals surface area (Å²) in [5.41, 5.74) is -1.14. The Labute approximate surface area is 136 Å². The van der Waals surface area contributed by atoms with Crippen LogP contribution in [0.15, 0.2) is 55.0 Å². The summed E-state index contributed by atoms with van der Waals surface area (Å²) in [5, 5.41) is 10.5. The number of alkyl halides is 2. The van der Waals surface area contributed by atoms with Crippen molar-refractivity contribution in [2.75, 3.05) is 0 Å². The quantitative estimate of drug-likeness (QED) is 0.753. The van der Waals surface area contributed by atoms with E-state index in [9.17, 15) is 18.3 Å². The highest BCUT2D eigenvalue weighted by Crippen LogP contribution is 2.32. The summed E-state index contributed by atoms with van der Waals surface area (Å²) < 4.78 is 39.9. The van der Waals surface area contributed by atoms with Gasteiger partial charge in [-0.1, -0.05) is 24.3 Å². The van der Waals surface area contributed by atoms with Gasteiger partial charge in [0.05, 0.1) is 11.9 Å². The first kappa shape index (κ1) is 16.2. The molecule has 24 heavy (non-hydrogen) atoms. The second-order valence-corrected chi connectivity index (χ2v) is 5.38. The highest BCUT2D eigenvalue weighted by atomic mass is 19.3. The summed E-state index contributed by atoms with van der Waals surface area (Å²) >= 11 is 0. The summed E-state index contributed by atoms with van der Waals surface area (Å²) in [6.07, 6.45) is 0.689. The molecule has 4 nitrogen and oxygen atoms in total. The Morgan fingerprint density at radius 2 is 1.83 bits per heavy atom. The second kappa shape index (κ2) is 6.45. The first-order valence-electron chi connectivity index (χ1n) is 7.20. The minimum atomic E-state index is -2.99. The maximum atomic E-state index is 13.5. The maximum Gasteiger partial charge on any atom is 0.271 e. The average molecular weight is 333 g/mol. The van der Waals surface area contributed by atoms with Crippen LogP contribution in [0.2, 0.25) is 0 Å². The summed E-state index contributed by atoms with van der Waals surface area (Å²) in [6.45, 7) is 0. The van der Waals surface area contributed by atoms with Crippen LogP contribution in [-0.4, -0.2) is 26.5 Å². The molecule has 1 atom stereocenters. The van der Waals surface area contributed by atoms with E-state index in [1.165, 1.54) is 36.7 Å². The number of aromatic amines is 1. The number of H-pyrrole nitrogens is 1. The predicted molar refractivity (Wildman–Crippen MR) is 81.8 cm³/mol. The van der Waals surface area contributed by atoms with Crippen LogP contribution in [0.1, 0.15) is 11.4 Å². The van der Waals surface area contributed by atoms with Gasteiger partial charge in [-0.05, 0) is 17.7 Å². The van der Waals surface area contributed by atoms with Crippen LogP contribution < -0.4 is 0 Å². The van der Waals surface area contributed by atoms with E-state index in [1.807, 2.05) is 0 Å². The Morgan fingerprint density at radius 3 is 2.38 bits per heavy atom. The molecule has 0 radical (unpaired) electrons. The molecule has 0 amide bonds. The van der Waals surface area contributed by atoms with Crippen molar-refractivity contribution in [1.82, 2.24) is 15.0 Å². The number of hydrogen-bond acceptors (Lipinski definition) is 3. The van der Waals surface area contributed by atoms with Crippen LogP contribution in [0, 0.1) is 5.82 Å². The fourth-order valence-electron chi connectivity index (χ4n) is 2.43. The van der Waals surface area contributed by atoms with Gasteiger partial charge in [0.15, 0.2) is 5.60 Å². The van der Waals surface area contributed by atoms with Gasteiger partial charge in [-0.25, -0.2) is 18.2 Å². The maximum absolute atomic E-state index is 13.5. The first-order valence-corrected chi connectivity index (χ1v) is 7.20. The third kappa shape index (κ3) is 3.16. The van der Waals surface area contributed by atoms with Crippen LogP contribution in [0.5, 0.6) is 0 Å². The molecule has 0 spiro atoms. The van der Waals surface area contributed by atoms with Crippen LogP contribution in [0.3, 0.4) is 0 Å². The average Bonchev–Trinajstić information content (AvgIpc) is 3.08. The molecule has 124 valence electrons. The van der Waals surface area contributed by atoms with Crippen molar-refractivity contribution in [3.8, 4) is 11.3 Å². The van der Waals surface area contributed by atoms with E-state index in [0.29, 0.717) is 11.3 Å². The third-order valence-electron chi connectivity index (χ3n) is 3.76. The number of hydrogen-bond donors (Lipinski definition) is 2. The van der Waals surface area contributed by atoms with Crippen molar-refractivity contribution in [1.29, 1.82) is 0 Å². The SMILES string of the molecule is OC(Cc1ncc[nH]1)(c1ccc(-c2ccc(F)cn2)cc1)C(F)F. The zero-order valence-electron chi connectivity index (χ0n) is 12.5. The fourth-order valence-corrected chi connectivity index (χ4v) is 2.43. The standard InChI is InChI=1S/C17H14F3N3O/c18-13-5-6-14(23-10-13)11-1-3-12(4-2-11)17(24,16(19)20)9-15-21-7-8-22-15/h1-8,10,16,24H,9H2,(H,21,22). The number of pyridine rings is 1. The van der Waals surface area contributed by atoms with Gasteiger partial charge in [-0.2, -0.15) is 0 Å². The third-order valence-corrected chi connectivity index (χ3v) is 3.76. The van der Waals surface area contributed by atoms with Crippen molar-refractivity contribution in [2.24, 2.45) is 0 Å². The Morgan fingerprint density at radius 1 is 1.08 bits per heavy atom. The van der Waals surface area contributed by atoms with E-state index in [4.69, 9.17) is 0 Å². The summed E-state index contributed by atoms with van der Waals surface area (Å²) in [4.78, 5) is 10.5. The lowest BCUT2D eigenvalue weighted by Crippen LogP contribution is -2.37. The predicted octanol–water partition coefficient (Wildman–Crippen LogP) is 3.31. The zero-order valence-corrected chi connectivity index (χ0v) is 12.5. The Hall–Kier alpha value is -2.67. The molecule has 0 fully saturated rings. The lowest BCUT2D eigenvalue weighted by Gasteiger charge is -2.27. The first-order chi connectivity index (χ1) is 11.5. The largest absolute Gasteiger partial charge is 0.379 e. The van der Waals surface area contributed by atoms with Gasteiger partial charge >= 0.3 is 0 Å². The molecule has 2 aromatic heterocycles. The molecule has 0 aliphatic carbocycles. The van der Waals surface area contributed by atoms with Gasteiger partial charge in [0.1, 0.15) is 11.6 Å². The minimum absolute atomic E-state index is 0.0692. The summed E-state index contributed by atoms with van der Waals surface area (Å²) in [7, 11) is 0. The molecule has 3 rings (SSSR count). The lowest BCUT2D eigenvalue weighted by atomic mass is 9.89. The molecular weight excluding hydrogens is 319 g/mol. The topological polar surface area (TPSA) is 61.8 Å². The Balaban J connectivity index is 1.90. The zero-order chi connectivity index (χ0) is 17.2. The van der Waals surface area contributed by atoms with Gasteiger partial charge in [0.25, 0.3) is 6.43 Å². The molecule has 2 N–H and O–H groups in total. The number of rotatable bonds is 5. The number of nitrogens with one attached hydrogen (secondary N) is 1. The number of nitrogens with zero attached hydrogens (tertiary/aromatic N) is 2. The van der Waals surface area contributed by atoms with Crippen molar-refractivity contribution >= 4 is 0 Å². The molecule has 0 aliphatic heterocycles. The molecule has 1 aromatic carbocycles. The van der Waals surface area contributed by atoms with Gasteiger partial charge in [-0.15, -0.1) is 0 Å². The van der Waals surface area contributed by atoms with Crippen molar-refractivity contribution in [3.63, 3.8) is 0 Å². The molecule has 0 aliphatic rings. The highest BCUT2D eigenvalue weighted by Gasteiger charge is 2.40. The lowest BCUT2D eigenvalue weighted by molar-refractivity contribution is -0.102. The molecule has 1 unspecified atom stereocenters. The number of aliphatic hydroxyl groups is 1. The van der Waals surface area contributed by atoms with E-state index in [0.717, 1.165) is 6.20 Å². The Kier molecular flexibility index (Phi) is 4.35. The molecule has 0 bridgehead atoms. The van der Waals surface area contributed by atoms with Crippen molar-refractivity contribution in [3.05, 3.63) is 72.2 Å². The molecule has 2 heterocycles.